The Bertz CT molecular complexity index is 958. The molecule has 0 aliphatic carbocycles. The van der Waals surface area contributed by atoms with Crippen molar-refractivity contribution in [2.45, 2.75) is 44.8 Å². The van der Waals surface area contributed by atoms with Crippen LogP contribution in [-0.4, -0.2) is 77.1 Å². The molecule has 1 unspecified atom stereocenters. The van der Waals surface area contributed by atoms with Crippen molar-refractivity contribution in [2.24, 2.45) is 5.41 Å². The zero-order chi connectivity index (χ0) is 26.6. The van der Waals surface area contributed by atoms with Gasteiger partial charge in [-0.3, -0.25) is 19.8 Å². The van der Waals surface area contributed by atoms with Gasteiger partial charge in [-0.2, -0.15) is 13.2 Å². The number of hydrogen-bond donors (Lipinski definition) is 1. The maximum absolute atomic E-state index is 14.6. The maximum atomic E-state index is 14.6. The molecular formula is C21H26F5N3O6. The van der Waals surface area contributed by atoms with Gasteiger partial charge in [0.15, 0.2) is 5.75 Å². The van der Waals surface area contributed by atoms with Gasteiger partial charge < -0.3 is 14.7 Å². The lowest BCUT2D eigenvalue weighted by Crippen LogP contribution is -2.60. The number of amides is 1. The molecule has 9 nitrogen and oxygen atoms in total. The Labute approximate surface area is 197 Å². The van der Waals surface area contributed by atoms with Crippen molar-refractivity contribution in [1.29, 1.82) is 0 Å². The molecule has 1 amide bonds. The van der Waals surface area contributed by atoms with Crippen LogP contribution in [0.1, 0.15) is 31.7 Å². The van der Waals surface area contributed by atoms with E-state index in [0.29, 0.717) is 31.5 Å². The Kier molecular flexibility index (Phi) is 8.63. The number of para-hydroxylation sites is 1. The van der Waals surface area contributed by atoms with Crippen LogP contribution in [0.15, 0.2) is 18.2 Å². The van der Waals surface area contributed by atoms with Gasteiger partial charge in [0, 0.05) is 38.2 Å². The second-order valence-electron chi connectivity index (χ2n) is 8.47. The van der Waals surface area contributed by atoms with Crippen molar-refractivity contribution < 1.29 is 46.3 Å². The molecule has 0 radical (unpaired) electrons. The van der Waals surface area contributed by atoms with Crippen LogP contribution in [0.25, 0.3) is 0 Å². The van der Waals surface area contributed by atoms with Gasteiger partial charge >= 0.3 is 17.8 Å². The van der Waals surface area contributed by atoms with Gasteiger partial charge in [-0.1, -0.05) is 12.1 Å². The zero-order valence-corrected chi connectivity index (χ0v) is 19.1. The summed E-state index contributed by atoms with van der Waals surface area (Å²) in [5.74, 6) is -5.93. The van der Waals surface area contributed by atoms with Crippen molar-refractivity contribution >= 4 is 17.6 Å². The second kappa shape index (κ2) is 10.7. The van der Waals surface area contributed by atoms with Gasteiger partial charge in [0.05, 0.1) is 24.0 Å². The molecule has 1 atom stereocenters. The van der Waals surface area contributed by atoms with E-state index in [2.05, 4.69) is 0 Å². The van der Waals surface area contributed by atoms with E-state index >= 15 is 0 Å². The summed E-state index contributed by atoms with van der Waals surface area (Å²) in [6.45, 7) is 2.53. The summed E-state index contributed by atoms with van der Waals surface area (Å²) in [4.78, 5) is 35.9. The number of likely N-dealkylation sites (tertiary alicyclic amines) is 2. The van der Waals surface area contributed by atoms with E-state index in [1.54, 1.807) is 17.0 Å². The number of carboxylic acid groups (broad SMARTS) is 1. The number of benzene rings is 1. The molecule has 35 heavy (non-hydrogen) atoms. The van der Waals surface area contributed by atoms with E-state index in [9.17, 15) is 36.9 Å². The molecule has 2 fully saturated rings. The molecule has 0 saturated carbocycles. The van der Waals surface area contributed by atoms with E-state index < -0.39 is 41.4 Å². The first-order chi connectivity index (χ1) is 16.2. The second-order valence-corrected chi connectivity index (χ2v) is 8.47. The monoisotopic (exact) mass is 511 g/mol. The van der Waals surface area contributed by atoms with Gasteiger partial charge in [0.1, 0.15) is 0 Å². The van der Waals surface area contributed by atoms with Crippen LogP contribution < -0.4 is 4.74 Å². The maximum Gasteiger partial charge on any atom is 0.490 e. The Morgan fingerprint density at radius 2 is 1.91 bits per heavy atom. The van der Waals surface area contributed by atoms with Gasteiger partial charge in [0.25, 0.3) is 5.92 Å². The molecule has 2 heterocycles. The van der Waals surface area contributed by atoms with Crippen LogP contribution in [0.3, 0.4) is 0 Å². The molecule has 1 N–H and O–H groups in total. The molecule has 0 bridgehead atoms. The SMILES string of the molecule is CCN1CCCC2(CN(Cc3cccc(OC)c3[N+](=O)[O-])CC(F)(F)C2)C1=O.O=C(O)C(F)(F)F. The fourth-order valence-corrected chi connectivity index (χ4v) is 4.60. The summed E-state index contributed by atoms with van der Waals surface area (Å²) in [6.07, 6.45) is -4.45. The number of carboxylic acids is 1. The summed E-state index contributed by atoms with van der Waals surface area (Å²) in [7, 11) is 1.33. The molecule has 2 aliphatic rings. The fraction of sp³-hybridized carbons (Fsp3) is 0.619. The van der Waals surface area contributed by atoms with Gasteiger partial charge in [-0.15, -0.1) is 0 Å². The van der Waals surface area contributed by atoms with Crippen molar-refractivity contribution in [3.05, 3.63) is 33.9 Å². The number of alkyl halides is 5. The van der Waals surface area contributed by atoms with E-state index in [4.69, 9.17) is 14.6 Å². The number of halogens is 5. The number of methoxy groups -OCH3 is 1. The molecule has 1 aromatic rings. The first-order valence-electron chi connectivity index (χ1n) is 10.7. The van der Waals surface area contributed by atoms with E-state index in [1.165, 1.54) is 18.1 Å². The molecule has 2 saturated heterocycles. The van der Waals surface area contributed by atoms with Gasteiger partial charge in [-0.25, -0.2) is 13.6 Å². The Morgan fingerprint density at radius 3 is 2.43 bits per heavy atom. The van der Waals surface area contributed by atoms with Crippen molar-refractivity contribution in [2.75, 3.05) is 33.3 Å². The Morgan fingerprint density at radius 1 is 1.29 bits per heavy atom. The highest BCUT2D eigenvalue weighted by Crippen LogP contribution is 2.46. The summed E-state index contributed by atoms with van der Waals surface area (Å²) < 4.78 is 66.0. The molecule has 1 spiro atoms. The number of carbonyl (C=O) groups excluding carboxylic acids is 1. The molecule has 3 rings (SSSR count). The Balaban J connectivity index is 0.000000540. The number of ether oxygens (including phenoxy) is 1. The minimum absolute atomic E-state index is 0.0374. The highest BCUT2D eigenvalue weighted by atomic mass is 19.4. The highest BCUT2D eigenvalue weighted by Gasteiger charge is 2.55. The van der Waals surface area contributed by atoms with Crippen LogP contribution in [0, 0.1) is 15.5 Å². The van der Waals surface area contributed by atoms with E-state index in [1.807, 2.05) is 6.92 Å². The Hall–Kier alpha value is -3.03. The topological polar surface area (TPSA) is 113 Å². The standard InChI is InChI=1S/C19H25F2N3O4.C2HF3O2/c1-3-23-9-5-8-18(17(23)25)11-19(20,21)13-22(12-18)10-14-6-4-7-15(28-2)16(14)24(26)27;3-2(4,5)1(6)7/h4,6-7H,3,5,8-13H2,1-2H3;(H,6,7). The lowest BCUT2D eigenvalue weighted by molar-refractivity contribution is -0.386. The number of aliphatic carboxylic acids is 1. The molecule has 196 valence electrons. The quantitative estimate of drug-likeness (QED) is 0.364. The van der Waals surface area contributed by atoms with Crippen molar-refractivity contribution in [3.63, 3.8) is 0 Å². The van der Waals surface area contributed by atoms with Crippen molar-refractivity contribution in [3.8, 4) is 5.75 Å². The number of nitrogens with zero attached hydrogens (tertiary/aromatic N) is 3. The van der Waals surface area contributed by atoms with Crippen LogP contribution in [0.4, 0.5) is 27.6 Å². The summed E-state index contributed by atoms with van der Waals surface area (Å²) in [6, 6.07) is 4.61. The van der Waals surface area contributed by atoms with E-state index in [0.717, 1.165) is 0 Å². The number of carbonyl (C=O) groups is 2. The zero-order valence-electron chi connectivity index (χ0n) is 19.1. The lowest BCUT2D eigenvalue weighted by Gasteiger charge is -2.49. The first-order valence-corrected chi connectivity index (χ1v) is 10.7. The summed E-state index contributed by atoms with van der Waals surface area (Å²) in [5, 5.41) is 18.6. The predicted molar refractivity (Wildman–Crippen MR) is 112 cm³/mol. The molecule has 1 aromatic carbocycles. The fourth-order valence-electron chi connectivity index (χ4n) is 4.60. The lowest BCUT2D eigenvalue weighted by atomic mass is 9.71. The van der Waals surface area contributed by atoms with Crippen LogP contribution in [0.5, 0.6) is 5.75 Å². The number of nitro benzene ring substituents is 1. The highest BCUT2D eigenvalue weighted by molar-refractivity contribution is 5.84. The molecular weight excluding hydrogens is 485 g/mol. The number of piperidine rings is 2. The van der Waals surface area contributed by atoms with E-state index in [-0.39, 0.29) is 30.4 Å². The summed E-state index contributed by atoms with van der Waals surface area (Å²) >= 11 is 0. The average Bonchev–Trinajstić information content (AvgIpc) is 2.74. The number of rotatable bonds is 5. The smallest absolute Gasteiger partial charge is 0.490 e. The van der Waals surface area contributed by atoms with Crippen molar-refractivity contribution in [1.82, 2.24) is 9.80 Å². The number of hydrogen-bond acceptors (Lipinski definition) is 6. The molecule has 2 aliphatic heterocycles. The third kappa shape index (κ3) is 6.77. The third-order valence-electron chi connectivity index (χ3n) is 5.91. The largest absolute Gasteiger partial charge is 0.490 e. The predicted octanol–water partition coefficient (Wildman–Crippen LogP) is 3.71. The van der Waals surface area contributed by atoms with Gasteiger partial charge in [0.2, 0.25) is 5.91 Å². The normalized spacial score (nSPS) is 22.4. The number of nitro groups is 1. The minimum Gasteiger partial charge on any atom is -0.490 e. The van der Waals surface area contributed by atoms with Crippen LogP contribution in [-0.2, 0) is 16.1 Å². The van der Waals surface area contributed by atoms with Crippen LogP contribution in [0.2, 0.25) is 0 Å². The molecule has 0 aromatic heterocycles. The third-order valence-corrected chi connectivity index (χ3v) is 5.91. The molecule has 14 heteroatoms. The van der Waals surface area contributed by atoms with Crippen LogP contribution >= 0.6 is 0 Å². The first kappa shape index (κ1) is 28.2. The minimum atomic E-state index is -5.08. The van der Waals surface area contributed by atoms with Gasteiger partial charge in [-0.05, 0) is 25.8 Å². The summed E-state index contributed by atoms with van der Waals surface area (Å²) in [5.41, 5.74) is -1.06. The average molecular weight is 511 g/mol.